The van der Waals surface area contributed by atoms with E-state index < -0.39 is 0 Å². The van der Waals surface area contributed by atoms with E-state index in [2.05, 4.69) is 14.9 Å². The van der Waals surface area contributed by atoms with Crippen LogP contribution in [0.1, 0.15) is 10.4 Å². The van der Waals surface area contributed by atoms with Gasteiger partial charge in [0, 0.05) is 44.8 Å². The van der Waals surface area contributed by atoms with E-state index in [0.717, 1.165) is 16.3 Å². The smallest absolute Gasteiger partial charge is 0.257 e. The van der Waals surface area contributed by atoms with E-state index in [1.54, 1.807) is 34.5 Å². The SMILES string of the molecule is O=C(c1cn(-c2ccccc2)nc1-c1cccs1)N1CCN(c2ncccn2)CC1. The zero-order valence-corrected chi connectivity index (χ0v) is 17.1. The van der Waals surface area contributed by atoms with Crippen LogP contribution in [0.4, 0.5) is 5.95 Å². The van der Waals surface area contributed by atoms with E-state index in [-0.39, 0.29) is 5.91 Å². The molecule has 0 bridgehead atoms. The molecule has 1 aromatic carbocycles. The van der Waals surface area contributed by atoms with Crippen molar-refractivity contribution in [2.45, 2.75) is 0 Å². The van der Waals surface area contributed by atoms with Crippen LogP contribution in [-0.2, 0) is 0 Å². The highest BCUT2D eigenvalue weighted by atomic mass is 32.1. The standard InChI is InChI=1S/C22H20N6OS/c29-21(26-11-13-27(14-12-26)22-23-9-5-10-24-22)18-16-28(17-6-2-1-3-7-17)25-20(18)19-8-4-15-30-19/h1-10,15-16H,11-14H2. The number of rotatable bonds is 4. The van der Waals surface area contributed by atoms with Crippen LogP contribution >= 0.6 is 11.3 Å². The summed E-state index contributed by atoms with van der Waals surface area (Å²) in [4.78, 5) is 27.1. The number of carbonyl (C=O) groups is 1. The number of amides is 1. The van der Waals surface area contributed by atoms with E-state index in [1.165, 1.54) is 0 Å². The monoisotopic (exact) mass is 416 g/mol. The molecule has 0 N–H and O–H groups in total. The Morgan fingerprint density at radius 1 is 0.900 bits per heavy atom. The molecule has 3 aromatic heterocycles. The summed E-state index contributed by atoms with van der Waals surface area (Å²) < 4.78 is 1.79. The zero-order valence-electron chi connectivity index (χ0n) is 16.3. The van der Waals surface area contributed by atoms with E-state index >= 15 is 0 Å². The lowest BCUT2D eigenvalue weighted by Crippen LogP contribution is -2.49. The maximum Gasteiger partial charge on any atom is 0.257 e. The van der Waals surface area contributed by atoms with Crippen molar-refractivity contribution in [1.82, 2.24) is 24.6 Å². The summed E-state index contributed by atoms with van der Waals surface area (Å²) >= 11 is 1.59. The third-order valence-electron chi connectivity index (χ3n) is 5.12. The lowest BCUT2D eigenvalue weighted by molar-refractivity contribution is 0.0747. The Bertz CT molecular complexity index is 1120. The van der Waals surface area contributed by atoms with Crippen LogP contribution < -0.4 is 4.90 Å². The molecule has 1 fully saturated rings. The summed E-state index contributed by atoms with van der Waals surface area (Å²) in [5, 5.41) is 6.75. The molecular formula is C22H20N6OS. The molecule has 4 aromatic rings. The summed E-state index contributed by atoms with van der Waals surface area (Å²) in [7, 11) is 0. The Labute approximate surface area is 178 Å². The minimum Gasteiger partial charge on any atom is -0.337 e. The quantitative estimate of drug-likeness (QED) is 0.510. The Hall–Kier alpha value is -3.52. The maximum absolute atomic E-state index is 13.4. The number of aromatic nitrogens is 4. The van der Waals surface area contributed by atoms with Gasteiger partial charge in [0.25, 0.3) is 5.91 Å². The Balaban J connectivity index is 1.41. The third kappa shape index (κ3) is 3.57. The largest absolute Gasteiger partial charge is 0.337 e. The second-order valence-corrected chi connectivity index (χ2v) is 7.92. The molecule has 7 nitrogen and oxygen atoms in total. The van der Waals surface area contributed by atoms with Crippen molar-refractivity contribution in [3.8, 4) is 16.3 Å². The molecule has 1 aliphatic heterocycles. The molecule has 30 heavy (non-hydrogen) atoms. The number of thiophene rings is 1. The number of hydrogen-bond acceptors (Lipinski definition) is 6. The van der Waals surface area contributed by atoms with Crippen LogP contribution in [-0.4, -0.2) is 56.7 Å². The van der Waals surface area contributed by atoms with Crippen LogP contribution in [0, 0.1) is 0 Å². The molecule has 1 amide bonds. The first-order chi connectivity index (χ1) is 14.8. The molecule has 0 unspecified atom stereocenters. The molecule has 150 valence electrons. The van der Waals surface area contributed by atoms with Crippen molar-refractivity contribution < 1.29 is 4.79 Å². The van der Waals surface area contributed by atoms with Crippen molar-refractivity contribution in [1.29, 1.82) is 0 Å². The molecule has 0 radical (unpaired) electrons. The van der Waals surface area contributed by atoms with Gasteiger partial charge in [-0.25, -0.2) is 14.6 Å². The Kier molecular flexibility index (Phi) is 4.98. The topological polar surface area (TPSA) is 67.2 Å². The molecule has 0 atom stereocenters. The molecule has 0 spiro atoms. The molecule has 0 saturated carbocycles. The van der Waals surface area contributed by atoms with Gasteiger partial charge >= 0.3 is 0 Å². The summed E-state index contributed by atoms with van der Waals surface area (Å²) in [5.74, 6) is 0.718. The van der Waals surface area contributed by atoms with Gasteiger partial charge in [-0.3, -0.25) is 4.79 Å². The predicted octanol–water partition coefficient (Wildman–Crippen LogP) is 3.35. The van der Waals surface area contributed by atoms with Crippen LogP contribution in [0.15, 0.2) is 72.5 Å². The number of anilines is 1. The van der Waals surface area contributed by atoms with E-state index in [4.69, 9.17) is 5.10 Å². The number of hydrogen-bond donors (Lipinski definition) is 0. The van der Waals surface area contributed by atoms with Gasteiger partial charge in [-0.15, -0.1) is 11.3 Å². The molecule has 0 aliphatic carbocycles. The highest BCUT2D eigenvalue weighted by molar-refractivity contribution is 7.13. The molecular weight excluding hydrogens is 396 g/mol. The average molecular weight is 417 g/mol. The second kappa shape index (κ2) is 8.08. The Morgan fingerprint density at radius 2 is 1.67 bits per heavy atom. The van der Waals surface area contributed by atoms with Crippen LogP contribution in [0.2, 0.25) is 0 Å². The molecule has 1 saturated heterocycles. The molecule has 4 heterocycles. The summed E-state index contributed by atoms with van der Waals surface area (Å²) in [6.45, 7) is 2.66. The first kappa shape index (κ1) is 18.5. The minimum absolute atomic E-state index is 0.00853. The first-order valence-corrected chi connectivity index (χ1v) is 10.7. The van der Waals surface area contributed by atoms with E-state index in [1.807, 2.05) is 58.9 Å². The second-order valence-electron chi connectivity index (χ2n) is 6.98. The lowest BCUT2D eigenvalue weighted by atomic mass is 10.1. The maximum atomic E-state index is 13.4. The highest BCUT2D eigenvalue weighted by Gasteiger charge is 2.27. The van der Waals surface area contributed by atoms with Gasteiger partial charge in [-0.2, -0.15) is 5.10 Å². The van der Waals surface area contributed by atoms with Gasteiger partial charge in [0.15, 0.2) is 0 Å². The fraction of sp³-hybridized carbons (Fsp3) is 0.182. The number of benzene rings is 1. The summed E-state index contributed by atoms with van der Waals surface area (Å²) in [6.07, 6.45) is 5.33. The van der Waals surface area contributed by atoms with Crippen molar-refractivity contribution in [3.05, 3.63) is 78.1 Å². The van der Waals surface area contributed by atoms with Gasteiger partial charge < -0.3 is 9.80 Å². The normalized spacial score (nSPS) is 14.1. The predicted molar refractivity (Wildman–Crippen MR) is 117 cm³/mol. The summed E-state index contributed by atoms with van der Waals surface area (Å²) in [5.41, 5.74) is 2.29. The fourth-order valence-electron chi connectivity index (χ4n) is 3.57. The average Bonchev–Trinajstić information content (AvgIpc) is 3.50. The number of carbonyl (C=O) groups excluding carboxylic acids is 1. The first-order valence-electron chi connectivity index (χ1n) is 9.80. The lowest BCUT2D eigenvalue weighted by Gasteiger charge is -2.34. The highest BCUT2D eigenvalue weighted by Crippen LogP contribution is 2.29. The molecule has 1 aliphatic rings. The van der Waals surface area contributed by atoms with Gasteiger partial charge in [-0.1, -0.05) is 24.3 Å². The van der Waals surface area contributed by atoms with Crippen molar-refractivity contribution in [2.24, 2.45) is 0 Å². The fourth-order valence-corrected chi connectivity index (χ4v) is 4.30. The van der Waals surface area contributed by atoms with Crippen LogP contribution in [0.25, 0.3) is 16.3 Å². The molecule has 8 heteroatoms. The van der Waals surface area contributed by atoms with E-state index in [0.29, 0.717) is 37.7 Å². The van der Waals surface area contributed by atoms with Crippen LogP contribution in [0.5, 0.6) is 0 Å². The van der Waals surface area contributed by atoms with E-state index in [9.17, 15) is 4.79 Å². The number of piperazine rings is 1. The van der Waals surface area contributed by atoms with Gasteiger partial charge in [-0.05, 0) is 29.6 Å². The van der Waals surface area contributed by atoms with Gasteiger partial charge in [0.05, 0.1) is 16.1 Å². The minimum atomic E-state index is 0.00853. The Morgan fingerprint density at radius 3 is 2.37 bits per heavy atom. The zero-order chi connectivity index (χ0) is 20.3. The number of para-hydroxylation sites is 1. The molecule has 5 rings (SSSR count). The van der Waals surface area contributed by atoms with Gasteiger partial charge in [0.1, 0.15) is 5.69 Å². The van der Waals surface area contributed by atoms with Crippen molar-refractivity contribution in [3.63, 3.8) is 0 Å². The van der Waals surface area contributed by atoms with Crippen LogP contribution in [0.3, 0.4) is 0 Å². The van der Waals surface area contributed by atoms with Crippen molar-refractivity contribution in [2.75, 3.05) is 31.1 Å². The summed E-state index contributed by atoms with van der Waals surface area (Å²) in [6, 6.07) is 15.7. The van der Waals surface area contributed by atoms with Crippen molar-refractivity contribution >= 4 is 23.2 Å². The van der Waals surface area contributed by atoms with Gasteiger partial charge in [0.2, 0.25) is 5.95 Å². The third-order valence-corrected chi connectivity index (χ3v) is 6.00. The number of nitrogens with zero attached hydrogens (tertiary/aromatic N) is 6.